The quantitative estimate of drug-likeness (QED) is 0.626. The molecule has 0 aromatic carbocycles. The van der Waals surface area contributed by atoms with Crippen molar-refractivity contribution >= 4 is 5.97 Å². The Kier molecular flexibility index (Phi) is 5.40. The van der Waals surface area contributed by atoms with Gasteiger partial charge >= 0.3 is 5.97 Å². The van der Waals surface area contributed by atoms with Gasteiger partial charge in [0.25, 0.3) is 0 Å². The van der Waals surface area contributed by atoms with E-state index in [9.17, 15) is 9.90 Å². The average Bonchev–Trinajstić information content (AvgIpc) is 2.18. The van der Waals surface area contributed by atoms with Gasteiger partial charge in [-0.05, 0) is 32.3 Å². The maximum absolute atomic E-state index is 11.2. The second kappa shape index (κ2) is 6.62. The minimum Gasteiger partial charge on any atom is -0.460 e. The highest BCUT2D eigenvalue weighted by Gasteiger charge is 2.08. The van der Waals surface area contributed by atoms with Crippen molar-refractivity contribution in [3.05, 3.63) is 12.2 Å². The van der Waals surface area contributed by atoms with E-state index in [1.165, 1.54) is 12.2 Å². The van der Waals surface area contributed by atoms with E-state index < -0.39 is 6.10 Å². The van der Waals surface area contributed by atoms with Gasteiger partial charge in [-0.15, -0.1) is 0 Å². The largest absolute Gasteiger partial charge is 0.460 e. The monoisotopic (exact) mass is 212 g/mol. The van der Waals surface area contributed by atoms with Crippen LogP contribution in [-0.4, -0.2) is 23.3 Å². The standard InChI is InChI=1S/C12H20O3/c1-10-6-4-2-3-5-7-11(13)8-9-12(14)15-10/h8-11,13H,2-7H2,1H3/b9-8-/t10-,11+/m1/s1. The van der Waals surface area contributed by atoms with Crippen LogP contribution in [0.2, 0.25) is 0 Å². The maximum Gasteiger partial charge on any atom is 0.330 e. The second-order valence-corrected chi connectivity index (χ2v) is 4.17. The zero-order valence-corrected chi connectivity index (χ0v) is 9.32. The van der Waals surface area contributed by atoms with Gasteiger partial charge in [0.05, 0.1) is 12.2 Å². The first-order chi connectivity index (χ1) is 7.18. The van der Waals surface area contributed by atoms with Crippen LogP contribution in [0.1, 0.15) is 45.4 Å². The molecule has 0 aliphatic carbocycles. The number of hydrogen-bond acceptors (Lipinski definition) is 3. The van der Waals surface area contributed by atoms with Crippen LogP contribution in [0, 0.1) is 0 Å². The molecule has 1 N–H and O–H groups in total. The van der Waals surface area contributed by atoms with Crippen molar-refractivity contribution in [3.8, 4) is 0 Å². The van der Waals surface area contributed by atoms with Crippen molar-refractivity contribution in [2.24, 2.45) is 0 Å². The molecule has 1 aliphatic rings. The molecule has 0 fully saturated rings. The number of cyclic esters (lactones) is 1. The van der Waals surface area contributed by atoms with Crippen molar-refractivity contribution in [1.82, 2.24) is 0 Å². The summed E-state index contributed by atoms with van der Waals surface area (Å²) in [6.45, 7) is 1.91. The Bertz CT molecular complexity index is 223. The molecule has 0 aromatic heterocycles. The molecule has 2 atom stereocenters. The van der Waals surface area contributed by atoms with Crippen molar-refractivity contribution in [2.75, 3.05) is 0 Å². The number of esters is 1. The summed E-state index contributed by atoms with van der Waals surface area (Å²) >= 11 is 0. The summed E-state index contributed by atoms with van der Waals surface area (Å²) in [5, 5.41) is 9.48. The van der Waals surface area contributed by atoms with Crippen molar-refractivity contribution in [1.29, 1.82) is 0 Å². The third kappa shape index (κ3) is 5.57. The van der Waals surface area contributed by atoms with E-state index in [1.807, 2.05) is 6.92 Å². The zero-order chi connectivity index (χ0) is 11.1. The lowest BCUT2D eigenvalue weighted by molar-refractivity contribution is -0.142. The van der Waals surface area contributed by atoms with Gasteiger partial charge in [-0.3, -0.25) is 0 Å². The van der Waals surface area contributed by atoms with Crippen LogP contribution < -0.4 is 0 Å². The normalized spacial score (nSPS) is 32.3. The van der Waals surface area contributed by atoms with Crippen LogP contribution in [0.25, 0.3) is 0 Å². The number of aliphatic hydroxyl groups excluding tert-OH is 1. The predicted octanol–water partition coefficient (Wildman–Crippen LogP) is 2.19. The molecule has 0 amide bonds. The van der Waals surface area contributed by atoms with Gasteiger partial charge in [0, 0.05) is 6.08 Å². The second-order valence-electron chi connectivity index (χ2n) is 4.17. The van der Waals surface area contributed by atoms with Crippen LogP contribution in [0.5, 0.6) is 0 Å². The van der Waals surface area contributed by atoms with E-state index in [0.717, 1.165) is 38.5 Å². The first-order valence-corrected chi connectivity index (χ1v) is 5.75. The van der Waals surface area contributed by atoms with E-state index in [2.05, 4.69) is 0 Å². The molecule has 86 valence electrons. The number of rotatable bonds is 0. The molecule has 1 aliphatic heterocycles. The van der Waals surface area contributed by atoms with Crippen LogP contribution in [-0.2, 0) is 9.53 Å². The van der Waals surface area contributed by atoms with E-state index in [0.29, 0.717) is 0 Å². The van der Waals surface area contributed by atoms with Crippen molar-refractivity contribution in [3.63, 3.8) is 0 Å². The molecule has 3 heteroatoms. The smallest absolute Gasteiger partial charge is 0.330 e. The van der Waals surface area contributed by atoms with Crippen LogP contribution >= 0.6 is 0 Å². The van der Waals surface area contributed by atoms with Crippen LogP contribution in [0.15, 0.2) is 12.2 Å². The summed E-state index contributed by atoms with van der Waals surface area (Å²) in [6, 6.07) is 0. The van der Waals surface area contributed by atoms with Gasteiger partial charge in [-0.1, -0.05) is 19.3 Å². The summed E-state index contributed by atoms with van der Waals surface area (Å²) in [6.07, 6.45) is 8.42. The Morgan fingerprint density at radius 2 is 1.93 bits per heavy atom. The van der Waals surface area contributed by atoms with Crippen molar-refractivity contribution < 1.29 is 14.6 Å². The third-order valence-electron chi connectivity index (χ3n) is 2.63. The molecule has 0 bridgehead atoms. The number of hydrogen-bond donors (Lipinski definition) is 1. The number of carbonyl (C=O) groups excluding carboxylic acids is 1. The SMILES string of the molecule is C[C@@H]1CCCCCC[C@H](O)/C=C\C(=O)O1. The first-order valence-electron chi connectivity index (χ1n) is 5.75. The maximum atomic E-state index is 11.2. The van der Waals surface area contributed by atoms with Gasteiger partial charge in [0.1, 0.15) is 0 Å². The molecule has 15 heavy (non-hydrogen) atoms. The highest BCUT2D eigenvalue weighted by Crippen LogP contribution is 2.12. The van der Waals surface area contributed by atoms with Gasteiger partial charge in [0.2, 0.25) is 0 Å². The van der Waals surface area contributed by atoms with Gasteiger partial charge < -0.3 is 9.84 Å². The van der Waals surface area contributed by atoms with Gasteiger partial charge in [-0.2, -0.15) is 0 Å². The van der Waals surface area contributed by atoms with Gasteiger partial charge in [-0.25, -0.2) is 4.79 Å². The predicted molar refractivity (Wildman–Crippen MR) is 58.4 cm³/mol. The Labute approximate surface area is 91.1 Å². The lowest BCUT2D eigenvalue weighted by Crippen LogP contribution is -2.14. The fourth-order valence-corrected chi connectivity index (χ4v) is 1.72. The summed E-state index contributed by atoms with van der Waals surface area (Å²) in [4.78, 5) is 11.2. The number of aliphatic hydroxyl groups is 1. The molecule has 0 saturated heterocycles. The summed E-state index contributed by atoms with van der Waals surface area (Å²) in [5.41, 5.74) is 0. The highest BCUT2D eigenvalue weighted by atomic mass is 16.5. The Hall–Kier alpha value is -0.830. The summed E-state index contributed by atoms with van der Waals surface area (Å²) in [7, 11) is 0. The molecular formula is C12H20O3. The molecule has 0 saturated carbocycles. The van der Waals surface area contributed by atoms with E-state index in [-0.39, 0.29) is 12.1 Å². The average molecular weight is 212 g/mol. The first kappa shape index (κ1) is 12.2. The van der Waals surface area contributed by atoms with E-state index >= 15 is 0 Å². The van der Waals surface area contributed by atoms with Crippen molar-refractivity contribution in [2.45, 2.75) is 57.7 Å². The Morgan fingerprint density at radius 1 is 1.27 bits per heavy atom. The zero-order valence-electron chi connectivity index (χ0n) is 9.32. The molecule has 3 nitrogen and oxygen atoms in total. The molecular weight excluding hydrogens is 192 g/mol. The molecule has 1 rings (SSSR count). The van der Waals surface area contributed by atoms with E-state index in [1.54, 1.807) is 0 Å². The summed E-state index contributed by atoms with van der Waals surface area (Å²) in [5.74, 6) is -0.345. The number of carbonyl (C=O) groups is 1. The highest BCUT2D eigenvalue weighted by molar-refractivity contribution is 5.82. The Morgan fingerprint density at radius 3 is 2.67 bits per heavy atom. The Balaban J connectivity index is 2.48. The molecule has 0 aromatic rings. The lowest BCUT2D eigenvalue weighted by Gasteiger charge is -2.13. The fourth-order valence-electron chi connectivity index (χ4n) is 1.72. The molecule has 0 unspecified atom stereocenters. The third-order valence-corrected chi connectivity index (χ3v) is 2.63. The van der Waals surface area contributed by atoms with Gasteiger partial charge in [0.15, 0.2) is 0 Å². The number of ether oxygens (including phenoxy) is 1. The molecule has 1 heterocycles. The minimum absolute atomic E-state index is 0.0151. The molecule has 0 radical (unpaired) electrons. The van der Waals surface area contributed by atoms with Crippen LogP contribution in [0.3, 0.4) is 0 Å². The topological polar surface area (TPSA) is 46.5 Å². The fraction of sp³-hybridized carbons (Fsp3) is 0.750. The van der Waals surface area contributed by atoms with Crippen LogP contribution in [0.4, 0.5) is 0 Å². The molecule has 0 spiro atoms. The van der Waals surface area contributed by atoms with E-state index in [4.69, 9.17) is 4.74 Å². The summed E-state index contributed by atoms with van der Waals surface area (Å²) < 4.78 is 5.13. The lowest BCUT2D eigenvalue weighted by atomic mass is 10.1. The minimum atomic E-state index is -0.507.